The van der Waals surface area contributed by atoms with Crippen molar-refractivity contribution in [1.82, 2.24) is 5.32 Å². The molecule has 1 fully saturated rings. The zero-order chi connectivity index (χ0) is 14.7. The number of rotatable bonds is 5. The molecule has 3 atom stereocenters. The van der Waals surface area contributed by atoms with Gasteiger partial charge in [-0.15, -0.1) is 0 Å². The van der Waals surface area contributed by atoms with E-state index in [0.29, 0.717) is 6.04 Å². The Morgan fingerprint density at radius 1 is 1.10 bits per heavy atom. The van der Waals surface area contributed by atoms with Crippen molar-refractivity contribution in [2.24, 2.45) is 11.8 Å². The van der Waals surface area contributed by atoms with E-state index < -0.39 is 0 Å². The van der Waals surface area contributed by atoms with Crippen molar-refractivity contribution in [3.05, 3.63) is 48.0 Å². The predicted octanol–water partition coefficient (Wildman–Crippen LogP) is 4.80. The maximum absolute atomic E-state index is 3.77. The average molecular weight is 281 g/mol. The number of fused-ring (bicyclic) bond motifs is 1. The van der Waals surface area contributed by atoms with Gasteiger partial charge in [0.1, 0.15) is 0 Å². The highest BCUT2D eigenvalue weighted by Crippen LogP contribution is 2.35. The van der Waals surface area contributed by atoms with E-state index in [2.05, 4.69) is 61.6 Å². The summed E-state index contributed by atoms with van der Waals surface area (Å²) in [6.45, 7) is 5.74. The first kappa shape index (κ1) is 14.6. The number of hydrogen-bond acceptors (Lipinski definition) is 1. The minimum atomic E-state index is 0.623. The third-order valence-corrected chi connectivity index (χ3v) is 5.23. The molecular formula is C20H27N. The second-order valence-corrected chi connectivity index (χ2v) is 6.58. The molecule has 0 aromatic heterocycles. The van der Waals surface area contributed by atoms with Crippen LogP contribution in [0.3, 0.4) is 0 Å². The van der Waals surface area contributed by atoms with E-state index in [4.69, 9.17) is 0 Å². The molecule has 0 aliphatic heterocycles. The SMILES string of the molecule is CCNC(Cc1cccc2ccccc12)C1CCCC1C. The third kappa shape index (κ3) is 3.13. The van der Waals surface area contributed by atoms with Crippen LogP contribution in [0.2, 0.25) is 0 Å². The van der Waals surface area contributed by atoms with Gasteiger partial charge in [-0.1, -0.05) is 69.2 Å². The van der Waals surface area contributed by atoms with Crippen LogP contribution in [-0.4, -0.2) is 12.6 Å². The molecule has 112 valence electrons. The lowest BCUT2D eigenvalue weighted by Gasteiger charge is -2.28. The Kier molecular flexibility index (Phi) is 4.60. The van der Waals surface area contributed by atoms with Gasteiger partial charge < -0.3 is 5.32 Å². The van der Waals surface area contributed by atoms with Gasteiger partial charge in [0, 0.05) is 6.04 Å². The van der Waals surface area contributed by atoms with Gasteiger partial charge in [0.25, 0.3) is 0 Å². The standard InChI is InChI=1S/C20H27N/c1-3-21-20(18-13-6-8-15(18)2)14-17-11-7-10-16-9-4-5-12-19(16)17/h4-5,7,9-12,15,18,20-21H,3,6,8,13-14H2,1-2H3. The van der Waals surface area contributed by atoms with Crippen molar-refractivity contribution in [3.63, 3.8) is 0 Å². The number of likely N-dealkylation sites (N-methyl/N-ethyl adjacent to an activating group) is 1. The van der Waals surface area contributed by atoms with Crippen molar-refractivity contribution in [2.45, 2.75) is 45.6 Å². The molecule has 1 saturated carbocycles. The molecule has 3 unspecified atom stereocenters. The van der Waals surface area contributed by atoms with Crippen LogP contribution in [-0.2, 0) is 6.42 Å². The van der Waals surface area contributed by atoms with Crippen molar-refractivity contribution >= 4 is 10.8 Å². The highest BCUT2D eigenvalue weighted by molar-refractivity contribution is 5.85. The molecular weight excluding hydrogens is 254 g/mol. The quantitative estimate of drug-likeness (QED) is 0.830. The van der Waals surface area contributed by atoms with Gasteiger partial charge in [0.05, 0.1) is 0 Å². The first-order valence-corrected chi connectivity index (χ1v) is 8.49. The third-order valence-electron chi connectivity index (χ3n) is 5.23. The van der Waals surface area contributed by atoms with Crippen LogP contribution < -0.4 is 5.32 Å². The van der Waals surface area contributed by atoms with Gasteiger partial charge in [-0.2, -0.15) is 0 Å². The molecule has 3 rings (SSSR count). The summed E-state index contributed by atoms with van der Waals surface area (Å²) in [5, 5.41) is 6.56. The minimum absolute atomic E-state index is 0.623. The van der Waals surface area contributed by atoms with Crippen LogP contribution in [0.25, 0.3) is 10.8 Å². The van der Waals surface area contributed by atoms with E-state index in [1.54, 1.807) is 0 Å². The lowest BCUT2D eigenvalue weighted by molar-refractivity contribution is 0.299. The molecule has 0 bridgehead atoms. The molecule has 0 heterocycles. The Morgan fingerprint density at radius 3 is 2.67 bits per heavy atom. The summed E-state index contributed by atoms with van der Waals surface area (Å²) in [4.78, 5) is 0. The highest BCUT2D eigenvalue weighted by atomic mass is 14.9. The topological polar surface area (TPSA) is 12.0 Å². The molecule has 0 radical (unpaired) electrons. The molecule has 2 aromatic rings. The van der Waals surface area contributed by atoms with E-state index in [-0.39, 0.29) is 0 Å². The van der Waals surface area contributed by atoms with Gasteiger partial charge in [-0.3, -0.25) is 0 Å². The summed E-state index contributed by atoms with van der Waals surface area (Å²) in [6, 6.07) is 16.1. The smallest absolute Gasteiger partial charge is 0.0138 e. The molecule has 1 N–H and O–H groups in total. The Bertz CT molecular complexity index is 584. The monoisotopic (exact) mass is 281 g/mol. The van der Waals surface area contributed by atoms with E-state index in [1.807, 2.05) is 0 Å². The number of hydrogen-bond donors (Lipinski definition) is 1. The fraction of sp³-hybridized carbons (Fsp3) is 0.500. The molecule has 1 aliphatic carbocycles. The molecule has 21 heavy (non-hydrogen) atoms. The lowest BCUT2D eigenvalue weighted by atomic mass is 9.85. The van der Waals surface area contributed by atoms with Crippen molar-refractivity contribution in [1.29, 1.82) is 0 Å². The van der Waals surface area contributed by atoms with Gasteiger partial charge >= 0.3 is 0 Å². The summed E-state index contributed by atoms with van der Waals surface area (Å²) < 4.78 is 0. The van der Waals surface area contributed by atoms with Crippen LogP contribution in [0.4, 0.5) is 0 Å². The van der Waals surface area contributed by atoms with Gasteiger partial charge in [0.15, 0.2) is 0 Å². The molecule has 0 saturated heterocycles. The molecule has 1 nitrogen and oxygen atoms in total. The van der Waals surface area contributed by atoms with Gasteiger partial charge in [0.2, 0.25) is 0 Å². The Labute approximate surface area is 128 Å². The Balaban J connectivity index is 1.87. The number of benzene rings is 2. The van der Waals surface area contributed by atoms with Gasteiger partial charge in [-0.25, -0.2) is 0 Å². The number of nitrogens with one attached hydrogen (secondary N) is 1. The van der Waals surface area contributed by atoms with E-state index >= 15 is 0 Å². The minimum Gasteiger partial charge on any atom is -0.314 e. The van der Waals surface area contributed by atoms with Crippen molar-refractivity contribution in [2.75, 3.05) is 6.54 Å². The summed E-state index contributed by atoms with van der Waals surface area (Å²) in [7, 11) is 0. The highest BCUT2D eigenvalue weighted by Gasteiger charge is 2.30. The molecule has 1 heteroatoms. The van der Waals surface area contributed by atoms with Crippen LogP contribution >= 0.6 is 0 Å². The van der Waals surface area contributed by atoms with Crippen LogP contribution in [0.15, 0.2) is 42.5 Å². The van der Waals surface area contributed by atoms with E-state index in [1.165, 1.54) is 35.6 Å². The van der Waals surface area contributed by atoms with Crippen LogP contribution in [0, 0.1) is 11.8 Å². The average Bonchev–Trinajstić information content (AvgIpc) is 2.93. The maximum Gasteiger partial charge on any atom is 0.0138 e. The normalized spacial score (nSPS) is 23.5. The molecule has 1 aliphatic rings. The zero-order valence-electron chi connectivity index (χ0n) is 13.3. The van der Waals surface area contributed by atoms with Crippen LogP contribution in [0.5, 0.6) is 0 Å². The molecule has 0 spiro atoms. The molecule has 2 aromatic carbocycles. The Hall–Kier alpha value is -1.34. The first-order valence-electron chi connectivity index (χ1n) is 8.49. The predicted molar refractivity (Wildman–Crippen MR) is 91.6 cm³/mol. The molecule has 0 amide bonds. The van der Waals surface area contributed by atoms with Crippen LogP contribution in [0.1, 0.15) is 38.7 Å². The zero-order valence-corrected chi connectivity index (χ0v) is 13.3. The van der Waals surface area contributed by atoms with E-state index in [9.17, 15) is 0 Å². The fourth-order valence-corrected chi connectivity index (χ4v) is 4.12. The lowest BCUT2D eigenvalue weighted by Crippen LogP contribution is -2.39. The summed E-state index contributed by atoms with van der Waals surface area (Å²) >= 11 is 0. The van der Waals surface area contributed by atoms with Gasteiger partial charge in [-0.05, 0) is 47.6 Å². The first-order chi connectivity index (χ1) is 10.3. The maximum atomic E-state index is 3.77. The summed E-state index contributed by atoms with van der Waals surface area (Å²) in [5.74, 6) is 1.70. The summed E-state index contributed by atoms with van der Waals surface area (Å²) in [6.07, 6.45) is 5.36. The summed E-state index contributed by atoms with van der Waals surface area (Å²) in [5.41, 5.74) is 1.50. The van der Waals surface area contributed by atoms with E-state index in [0.717, 1.165) is 24.8 Å². The largest absolute Gasteiger partial charge is 0.314 e. The second-order valence-electron chi connectivity index (χ2n) is 6.58. The second kappa shape index (κ2) is 6.62. The van der Waals surface area contributed by atoms with Crippen molar-refractivity contribution < 1.29 is 0 Å². The van der Waals surface area contributed by atoms with Crippen molar-refractivity contribution in [3.8, 4) is 0 Å². The Morgan fingerprint density at radius 2 is 1.90 bits per heavy atom. The fourth-order valence-electron chi connectivity index (χ4n) is 4.12.